The number of piperidine rings is 1. The number of nitrogens with zero attached hydrogens (tertiary/aromatic N) is 1. The van der Waals surface area contributed by atoms with Crippen LogP contribution in [0.4, 0.5) is 0 Å². The van der Waals surface area contributed by atoms with Crippen LogP contribution >= 0.6 is 11.6 Å². The number of methoxy groups -OCH3 is 1. The Balaban J connectivity index is 1.94. The predicted octanol–water partition coefficient (Wildman–Crippen LogP) is 3.74. The third-order valence-corrected chi connectivity index (χ3v) is 4.19. The standard InChI is InChI=1S/C16H19ClN2O/c1-20-16-7-6-12(10-14(16)17)15-5-3-9-19(15)13-4-2-8-18-11-13/h3,5-7,9-10,13,18H,2,4,8,11H2,1H3. The maximum Gasteiger partial charge on any atom is 0.137 e. The normalized spacial score (nSPS) is 19.0. The minimum atomic E-state index is 0.523. The van der Waals surface area contributed by atoms with E-state index in [1.807, 2.05) is 12.1 Å². The maximum atomic E-state index is 6.24. The fraction of sp³-hybridized carbons (Fsp3) is 0.375. The van der Waals surface area contributed by atoms with Crippen LogP contribution in [0.3, 0.4) is 0 Å². The van der Waals surface area contributed by atoms with Crippen LogP contribution in [0.25, 0.3) is 11.3 Å². The Hall–Kier alpha value is -1.45. The highest BCUT2D eigenvalue weighted by Gasteiger charge is 2.17. The van der Waals surface area contributed by atoms with Crippen molar-refractivity contribution in [2.24, 2.45) is 0 Å². The number of benzene rings is 1. The molecule has 0 aliphatic carbocycles. The molecule has 0 bridgehead atoms. The van der Waals surface area contributed by atoms with E-state index in [1.54, 1.807) is 7.11 Å². The third kappa shape index (κ3) is 2.56. The SMILES string of the molecule is COc1ccc(-c2cccn2C2CCCNC2)cc1Cl. The minimum Gasteiger partial charge on any atom is -0.495 e. The van der Waals surface area contributed by atoms with Gasteiger partial charge in [0.15, 0.2) is 0 Å². The lowest BCUT2D eigenvalue weighted by atomic mass is 10.1. The van der Waals surface area contributed by atoms with Crippen LogP contribution in [0.1, 0.15) is 18.9 Å². The van der Waals surface area contributed by atoms with Crippen molar-refractivity contribution in [1.82, 2.24) is 9.88 Å². The molecule has 1 fully saturated rings. The lowest BCUT2D eigenvalue weighted by Crippen LogP contribution is -2.31. The molecule has 1 N–H and O–H groups in total. The van der Waals surface area contributed by atoms with Gasteiger partial charge in [-0.1, -0.05) is 11.6 Å². The van der Waals surface area contributed by atoms with Gasteiger partial charge >= 0.3 is 0 Å². The molecule has 1 saturated heterocycles. The molecule has 0 saturated carbocycles. The summed E-state index contributed by atoms with van der Waals surface area (Å²) in [5.41, 5.74) is 2.34. The monoisotopic (exact) mass is 290 g/mol. The number of aromatic nitrogens is 1. The molecular weight excluding hydrogens is 272 g/mol. The second-order valence-electron chi connectivity index (χ2n) is 5.15. The lowest BCUT2D eigenvalue weighted by Gasteiger charge is -2.26. The summed E-state index contributed by atoms with van der Waals surface area (Å²) >= 11 is 6.24. The first-order valence-corrected chi connectivity index (χ1v) is 7.39. The first kappa shape index (κ1) is 13.5. The summed E-state index contributed by atoms with van der Waals surface area (Å²) in [4.78, 5) is 0. The Morgan fingerprint density at radius 3 is 2.95 bits per heavy atom. The number of rotatable bonds is 3. The van der Waals surface area contributed by atoms with Gasteiger partial charge in [-0.05, 0) is 55.3 Å². The first-order chi connectivity index (χ1) is 9.79. The zero-order valence-electron chi connectivity index (χ0n) is 11.6. The molecule has 2 aromatic rings. The van der Waals surface area contributed by atoms with Crippen molar-refractivity contribution < 1.29 is 4.74 Å². The van der Waals surface area contributed by atoms with Gasteiger partial charge in [0.05, 0.1) is 12.1 Å². The van der Waals surface area contributed by atoms with Crippen molar-refractivity contribution in [2.75, 3.05) is 20.2 Å². The molecule has 1 aliphatic rings. The number of halogens is 1. The van der Waals surface area contributed by atoms with E-state index in [0.29, 0.717) is 16.8 Å². The van der Waals surface area contributed by atoms with E-state index in [9.17, 15) is 0 Å². The summed E-state index contributed by atoms with van der Waals surface area (Å²) in [5, 5.41) is 4.12. The van der Waals surface area contributed by atoms with Crippen LogP contribution in [0, 0.1) is 0 Å². The molecule has 0 radical (unpaired) electrons. The average Bonchev–Trinajstić information content (AvgIpc) is 2.97. The van der Waals surface area contributed by atoms with Crippen molar-refractivity contribution in [1.29, 1.82) is 0 Å². The molecule has 3 rings (SSSR count). The van der Waals surface area contributed by atoms with Crippen LogP contribution in [0.2, 0.25) is 5.02 Å². The molecule has 1 unspecified atom stereocenters. The average molecular weight is 291 g/mol. The van der Waals surface area contributed by atoms with Crippen molar-refractivity contribution in [3.05, 3.63) is 41.6 Å². The number of hydrogen-bond acceptors (Lipinski definition) is 2. The highest BCUT2D eigenvalue weighted by Crippen LogP contribution is 2.32. The van der Waals surface area contributed by atoms with E-state index < -0.39 is 0 Å². The smallest absolute Gasteiger partial charge is 0.137 e. The van der Waals surface area contributed by atoms with Gasteiger partial charge in [-0.2, -0.15) is 0 Å². The Kier molecular flexibility index (Phi) is 3.99. The summed E-state index contributed by atoms with van der Waals surface area (Å²) in [6, 6.07) is 10.7. The van der Waals surface area contributed by atoms with E-state index >= 15 is 0 Å². The summed E-state index contributed by atoms with van der Waals surface area (Å²) in [6.07, 6.45) is 4.61. The van der Waals surface area contributed by atoms with Gasteiger partial charge in [0.1, 0.15) is 5.75 Å². The van der Waals surface area contributed by atoms with Crippen LogP contribution in [-0.2, 0) is 0 Å². The second kappa shape index (κ2) is 5.90. The summed E-state index contributed by atoms with van der Waals surface area (Å²) in [7, 11) is 1.64. The van der Waals surface area contributed by atoms with E-state index in [2.05, 4.69) is 34.3 Å². The van der Waals surface area contributed by atoms with Crippen molar-refractivity contribution in [3.8, 4) is 17.0 Å². The zero-order valence-corrected chi connectivity index (χ0v) is 12.4. The highest BCUT2D eigenvalue weighted by molar-refractivity contribution is 6.32. The van der Waals surface area contributed by atoms with E-state index in [4.69, 9.17) is 16.3 Å². The topological polar surface area (TPSA) is 26.2 Å². The van der Waals surface area contributed by atoms with Gasteiger partial charge in [0.2, 0.25) is 0 Å². The molecule has 0 spiro atoms. The predicted molar refractivity (Wildman–Crippen MR) is 82.6 cm³/mol. The molecule has 106 valence electrons. The number of ether oxygens (including phenoxy) is 1. The molecule has 1 aromatic carbocycles. The van der Waals surface area contributed by atoms with Crippen LogP contribution in [0.15, 0.2) is 36.5 Å². The van der Waals surface area contributed by atoms with Gasteiger partial charge in [-0.3, -0.25) is 0 Å². The second-order valence-corrected chi connectivity index (χ2v) is 5.56. The van der Waals surface area contributed by atoms with Gasteiger partial charge in [-0.25, -0.2) is 0 Å². The fourth-order valence-corrected chi connectivity index (χ4v) is 3.11. The molecule has 1 aliphatic heterocycles. The number of nitrogens with one attached hydrogen (secondary N) is 1. The molecular formula is C16H19ClN2O. The van der Waals surface area contributed by atoms with Gasteiger partial charge in [-0.15, -0.1) is 0 Å². The van der Waals surface area contributed by atoms with Crippen LogP contribution < -0.4 is 10.1 Å². The van der Waals surface area contributed by atoms with Crippen molar-refractivity contribution >= 4 is 11.6 Å². The summed E-state index contributed by atoms with van der Waals surface area (Å²) in [5.74, 6) is 0.716. The van der Waals surface area contributed by atoms with E-state index in [1.165, 1.54) is 18.5 Å². The molecule has 1 aromatic heterocycles. The highest BCUT2D eigenvalue weighted by atomic mass is 35.5. The summed E-state index contributed by atoms with van der Waals surface area (Å²) < 4.78 is 7.57. The molecule has 20 heavy (non-hydrogen) atoms. The number of hydrogen-bond donors (Lipinski definition) is 1. The Labute approximate surface area is 124 Å². The van der Waals surface area contributed by atoms with Crippen LogP contribution in [0.5, 0.6) is 5.75 Å². The molecule has 3 nitrogen and oxygen atoms in total. The third-order valence-electron chi connectivity index (χ3n) is 3.89. The van der Waals surface area contributed by atoms with Crippen molar-refractivity contribution in [3.63, 3.8) is 0 Å². The Morgan fingerprint density at radius 1 is 1.35 bits per heavy atom. The lowest BCUT2D eigenvalue weighted by molar-refractivity contribution is 0.375. The fourth-order valence-electron chi connectivity index (χ4n) is 2.85. The first-order valence-electron chi connectivity index (χ1n) is 7.01. The largest absolute Gasteiger partial charge is 0.495 e. The molecule has 0 amide bonds. The Bertz CT molecular complexity index is 588. The molecule has 2 heterocycles. The van der Waals surface area contributed by atoms with Crippen LogP contribution in [-0.4, -0.2) is 24.8 Å². The van der Waals surface area contributed by atoms with Crippen molar-refractivity contribution in [2.45, 2.75) is 18.9 Å². The molecule has 4 heteroatoms. The quantitative estimate of drug-likeness (QED) is 0.932. The minimum absolute atomic E-state index is 0.523. The van der Waals surface area contributed by atoms with E-state index in [0.717, 1.165) is 18.7 Å². The zero-order chi connectivity index (χ0) is 13.9. The van der Waals surface area contributed by atoms with Gasteiger partial charge in [0.25, 0.3) is 0 Å². The summed E-state index contributed by atoms with van der Waals surface area (Å²) in [6.45, 7) is 2.16. The van der Waals surface area contributed by atoms with Gasteiger partial charge in [0, 0.05) is 24.5 Å². The van der Waals surface area contributed by atoms with Gasteiger partial charge < -0.3 is 14.6 Å². The maximum absolute atomic E-state index is 6.24. The molecule has 1 atom stereocenters. The van der Waals surface area contributed by atoms with E-state index in [-0.39, 0.29) is 0 Å². The Morgan fingerprint density at radius 2 is 2.25 bits per heavy atom.